The summed E-state index contributed by atoms with van der Waals surface area (Å²) >= 11 is 0. The van der Waals surface area contributed by atoms with Crippen LogP contribution in [0.15, 0.2) is 0 Å². The van der Waals surface area contributed by atoms with Gasteiger partial charge in [-0.15, -0.1) is 0 Å². The molecule has 6 heavy (non-hydrogen) atoms. The van der Waals surface area contributed by atoms with E-state index in [0.717, 1.165) is 11.8 Å². The smallest absolute Gasteiger partial charge is 0.0417 e. The van der Waals surface area contributed by atoms with Gasteiger partial charge in [0.15, 0.2) is 0 Å². The second-order valence-electron chi connectivity index (χ2n) is 2.53. The van der Waals surface area contributed by atoms with Crippen molar-refractivity contribution in [2.24, 2.45) is 11.8 Å². The van der Waals surface area contributed by atoms with Gasteiger partial charge in [-0.3, -0.25) is 0 Å². The average Bonchev–Trinajstić information content (AvgIpc) is 1.61. The summed E-state index contributed by atoms with van der Waals surface area (Å²) in [4.78, 5) is 0. The Kier molecular flexibility index (Phi) is 0.868. The standard InChI is InChI=1S/C6H12/c1-5-3-4-6(5)2/h5-6H,3-4H2,1-2H3/t5-,6+. The van der Waals surface area contributed by atoms with Gasteiger partial charge in [0.25, 0.3) is 0 Å². The molecule has 0 unspecified atom stereocenters. The quantitative estimate of drug-likeness (QED) is 0.421. The van der Waals surface area contributed by atoms with Crippen molar-refractivity contribution in [2.75, 3.05) is 0 Å². The molecule has 0 radical (unpaired) electrons. The number of rotatable bonds is 0. The predicted octanol–water partition coefficient (Wildman–Crippen LogP) is 2.05. The van der Waals surface area contributed by atoms with E-state index < -0.39 is 0 Å². The molecule has 0 aromatic heterocycles. The summed E-state index contributed by atoms with van der Waals surface area (Å²) in [6.45, 7) is 4.66. The zero-order chi connectivity index (χ0) is 4.57. The fourth-order valence-electron chi connectivity index (χ4n) is 0.833. The molecule has 0 heteroatoms. The van der Waals surface area contributed by atoms with Gasteiger partial charge in [0.1, 0.15) is 0 Å². The van der Waals surface area contributed by atoms with Crippen LogP contribution in [-0.2, 0) is 0 Å². The summed E-state index contributed by atoms with van der Waals surface area (Å²) in [6, 6.07) is 0. The highest BCUT2D eigenvalue weighted by atomic mass is 14.3. The lowest BCUT2D eigenvalue weighted by Gasteiger charge is -2.29. The molecule has 1 rings (SSSR count). The molecular weight excluding hydrogens is 72.1 g/mol. The molecule has 1 aliphatic rings. The molecule has 0 saturated heterocycles. The van der Waals surface area contributed by atoms with E-state index >= 15 is 0 Å². The first kappa shape index (κ1) is 4.17. The maximum absolute atomic E-state index is 2.33. The SMILES string of the molecule is C[C@@H]1CC[C@@H]1C. The van der Waals surface area contributed by atoms with E-state index in [0.29, 0.717) is 0 Å². The van der Waals surface area contributed by atoms with Gasteiger partial charge in [-0.1, -0.05) is 26.7 Å². The lowest BCUT2D eigenvalue weighted by Crippen LogP contribution is -2.18. The third-order valence-electron chi connectivity index (χ3n) is 2.05. The average molecular weight is 84.2 g/mol. The molecule has 2 atom stereocenters. The molecule has 0 aliphatic heterocycles. The second-order valence-corrected chi connectivity index (χ2v) is 2.53. The molecular formula is C6H12. The van der Waals surface area contributed by atoms with Crippen molar-refractivity contribution in [3.63, 3.8) is 0 Å². The lowest BCUT2D eigenvalue weighted by atomic mass is 9.77. The Morgan fingerprint density at radius 3 is 1.33 bits per heavy atom. The lowest BCUT2D eigenvalue weighted by molar-refractivity contribution is 0.219. The molecule has 1 aliphatic carbocycles. The van der Waals surface area contributed by atoms with Gasteiger partial charge >= 0.3 is 0 Å². The van der Waals surface area contributed by atoms with E-state index in [1.165, 1.54) is 12.8 Å². The van der Waals surface area contributed by atoms with E-state index in [2.05, 4.69) is 13.8 Å². The maximum atomic E-state index is 2.33. The molecule has 0 aromatic rings. The van der Waals surface area contributed by atoms with Gasteiger partial charge in [-0.2, -0.15) is 0 Å². The molecule has 0 spiro atoms. The van der Waals surface area contributed by atoms with Crippen LogP contribution in [0.5, 0.6) is 0 Å². The minimum Gasteiger partial charge on any atom is -0.0623 e. The van der Waals surface area contributed by atoms with Crippen molar-refractivity contribution in [1.82, 2.24) is 0 Å². The summed E-state index contributed by atoms with van der Waals surface area (Å²) < 4.78 is 0. The van der Waals surface area contributed by atoms with Crippen molar-refractivity contribution in [3.05, 3.63) is 0 Å². The van der Waals surface area contributed by atoms with Crippen molar-refractivity contribution < 1.29 is 0 Å². The van der Waals surface area contributed by atoms with Crippen LogP contribution in [0.2, 0.25) is 0 Å². The Bertz CT molecular complexity index is 40.0. The van der Waals surface area contributed by atoms with E-state index in [1.807, 2.05) is 0 Å². The topological polar surface area (TPSA) is 0 Å². The van der Waals surface area contributed by atoms with Crippen molar-refractivity contribution in [2.45, 2.75) is 26.7 Å². The van der Waals surface area contributed by atoms with Gasteiger partial charge in [0.2, 0.25) is 0 Å². The van der Waals surface area contributed by atoms with Gasteiger partial charge in [0.05, 0.1) is 0 Å². The zero-order valence-electron chi connectivity index (χ0n) is 4.57. The van der Waals surface area contributed by atoms with Gasteiger partial charge < -0.3 is 0 Å². The Morgan fingerprint density at radius 2 is 1.33 bits per heavy atom. The highest BCUT2D eigenvalue weighted by Gasteiger charge is 2.20. The Labute approximate surface area is 39.6 Å². The van der Waals surface area contributed by atoms with Crippen LogP contribution in [0.3, 0.4) is 0 Å². The number of hydrogen-bond donors (Lipinski definition) is 0. The fourth-order valence-corrected chi connectivity index (χ4v) is 0.833. The van der Waals surface area contributed by atoms with Crippen LogP contribution in [-0.4, -0.2) is 0 Å². The Balaban J connectivity index is 2.20. The van der Waals surface area contributed by atoms with Crippen LogP contribution in [0.25, 0.3) is 0 Å². The molecule has 0 aromatic carbocycles. The zero-order valence-corrected chi connectivity index (χ0v) is 4.57. The van der Waals surface area contributed by atoms with Gasteiger partial charge in [-0.25, -0.2) is 0 Å². The molecule has 0 bridgehead atoms. The summed E-state index contributed by atoms with van der Waals surface area (Å²) in [5.74, 6) is 2.06. The van der Waals surface area contributed by atoms with E-state index in [-0.39, 0.29) is 0 Å². The minimum atomic E-state index is 1.03. The number of hydrogen-bond acceptors (Lipinski definition) is 0. The van der Waals surface area contributed by atoms with E-state index in [9.17, 15) is 0 Å². The normalized spacial score (nSPS) is 45.0. The van der Waals surface area contributed by atoms with Gasteiger partial charge in [-0.05, 0) is 11.8 Å². The minimum absolute atomic E-state index is 1.03. The highest BCUT2D eigenvalue weighted by Crippen LogP contribution is 2.32. The summed E-state index contributed by atoms with van der Waals surface area (Å²) in [7, 11) is 0. The third kappa shape index (κ3) is 0.444. The van der Waals surface area contributed by atoms with Gasteiger partial charge in [0, 0.05) is 0 Å². The first-order valence-corrected chi connectivity index (χ1v) is 2.80. The van der Waals surface area contributed by atoms with Crippen LogP contribution in [0, 0.1) is 11.8 Å². The van der Waals surface area contributed by atoms with Crippen LogP contribution in [0.1, 0.15) is 26.7 Å². The molecule has 0 amide bonds. The van der Waals surface area contributed by atoms with Crippen molar-refractivity contribution in [1.29, 1.82) is 0 Å². The molecule has 1 fully saturated rings. The molecule has 0 N–H and O–H groups in total. The van der Waals surface area contributed by atoms with E-state index in [4.69, 9.17) is 0 Å². The van der Waals surface area contributed by atoms with Crippen LogP contribution < -0.4 is 0 Å². The third-order valence-corrected chi connectivity index (χ3v) is 2.05. The molecule has 0 nitrogen and oxygen atoms in total. The Morgan fingerprint density at radius 1 is 1.00 bits per heavy atom. The monoisotopic (exact) mass is 84.1 g/mol. The van der Waals surface area contributed by atoms with Crippen LogP contribution >= 0.6 is 0 Å². The van der Waals surface area contributed by atoms with E-state index in [1.54, 1.807) is 0 Å². The molecule has 36 valence electrons. The Hall–Kier alpha value is 0. The van der Waals surface area contributed by atoms with Crippen molar-refractivity contribution >= 4 is 0 Å². The molecule has 0 heterocycles. The molecule has 1 saturated carbocycles. The van der Waals surface area contributed by atoms with Crippen molar-refractivity contribution in [3.8, 4) is 0 Å². The fraction of sp³-hybridized carbons (Fsp3) is 1.00. The summed E-state index contributed by atoms with van der Waals surface area (Å²) in [5.41, 5.74) is 0. The largest absolute Gasteiger partial charge is 0.0623 e. The first-order valence-electron chi connectivity index (χ1n) is 2.80. The summed E-state index contributed by atoms with van der Waals surface area (Å²) in [5, 5.41) is 0. The first-order chi connectivity index (χ1) is 2.80. The van der Waals surface area contributed by atoms with Crippen LogP contribution in [0.4, 0.5) is 0 Å². The highest BCUT2D eigenvalue weighted by molar-refractivity contribution is 4.71. The second kappa shape index (κ2) is 1.25. The maximum Gasteiger partial charge on any atom is -0.0417 e. The summed E-state index contributed by atoms with van der Waals surface area (Å²) in [6.07, 6.45) is 2.95. The predicted molar refractivity (Wildman–Crippen MR) is 27.6 cm³/mol.